The molecule has 416 valence electrons. The maximum absolute atomic E-state index is 13.0. The molecule has 2 aliphatic heterocycles. The first-order chi connectivity index (χ1) is 38.1. The fourth-order valence-corrected chi connectivity index (χ4v) is 7.62. The molecule has 0 saturated carbocycles. The number of halogens is 1. The topological polar surface area (TPSA) is 132 Å². The number of nitrogens with zero attached hydrogens (tertiary/aromatic N) is 5. The number of rotatable bonds is 10. The normalized spacial score (nSPS) is 13.4. The number of hydrogen-bond donors (Lipinski definition) is 2. The molecule has 12 heteroatoms. The Hall–Kier alpha value is -8.67. The summed E-state index contributed by atoms with van der Waals surface area (Å²) in [6, 6.07) is 52.2. The van der Waals surface area contributed by atoms with Gasteiger partial charge in [0.15, 0.2) is 0 Å². The van der Waals surface area contributed by atoms with Crippen LogP contribution in [0.4, 0.5) is 11.5 Å². The van der Waals surface area contributed by atoms with E-state index in [0.717, 1.165) is 28.9 Å². The third kappa shape index (κ3) is 18.5. The molecule has 3 amide bonds. The monoisotopic (exact) mass is 1090 g/mol. The maximum atomic E-state index is 13.0. The molecule has 0 atom stereocenters. The van der Waals surface area contributed by atoms with Crippen LogP contribution in [0.1, 0.15) is 105 Å². The number of benzene rings is 6. The maximum Gasteiger partial charge on any atom is 0.280 e. The first-order valence-corrected chi connectivity index (χ1v) is 27.3. The lowest BCUT2D eigenvalue weighted by atomic mass is 9.82. The second-order valence-corrected chi connectivity index (χ2v) is 19.8. The fraction of sp³-hybridized carbons (Fsp3) is 0.235. The third-order valence-electron chi connectivity index (χ3n) is 13.1. The fourth-order valence-electron chi connectivity index (χ4n) is 7.62. The van der Waals surface area contributed by atoms with E-state index in [9.17, 15) is 19.2 Å². The highest BCUT2D eigenvalue weighted by Crippen LogP contribution is 2.27. The van der Waals surface area contributed by atoms with Gasteiger partial charge in [-0.2, -0.15) is 15.2 Å². The van der Waals surface area contributed by atoms with Crippen molar-refractivity contribution in [1.29, 1.82) is 0 Å². The summed E-state index contributed by atoms with van der Waals surface area (Å²) in [5.41, 5.74) is 14.1. The number of aromatic amines is 1. The van der Waals surface area contributed by atoms with Gasteiger partial charge >= 0.3 is 0 Å². The number of carbonyl (C=O) groups is 3. The minimum atomic E-state index is -0.434. The standard InChI is InChI=1S/C19H19N5O3.C19H16N2O.C12H18.C9H12.C8H10.CH3Cl/c1-11(2)17(25)20-16-15(10-14-12(3)21-23(4)18(14)26)19(27)24(22-16)13-8-6-5-7-9-13;1-3-15-9-11-16(12-10-15)13-18-14(2)20-21(19(18)22)17-7-5-4-6-8-17;1-5-12(3,4)11-8-6-10(2)7-9-11;1-3-9-6-4-8(2)5-7-9;1-7-3-5-8(2)6-4-7;1-2/h5-10,22H,1H2,2-4H3,(H,20,25);3-13H,1H2,2H3;6-9H,5H2,1-4H3;4-7H,3H2,1-2H3;3-6H,1-2H3;1H3. The molecule has 0 fully saturated rings. The Morgan fingerprint density at radius 3 is 1.52 bits per heavy atom. The highest BCUT2D eigenvalue weighted by atomic mass is 35.5. The van der Waals surface area contributed by atoms with Crippen LogP contribution >= 0.6 is 11.6 Å². The van der Waals surface area contributed by atoms with Gasteiger partial charge in [-0.05, 0) is 125 Å². The van der Waals surface area contributed by atoms with E-state index in [1.54, 1.807) is 44.2 Å². The summed E-state index contributed by atoms with van der Waals surface area (Å²) in [7, 11) is 1.54. The zero-order valence-electron chi connectivity index (χ0n) is 48.8. The minimum Gasteiger partial charge on any atom is -0.307 e. The summed E-state index contributed by atoms with van der Waals surface area (Å²) in [6.45, 7) is 29.8. The molecule has 0 unspecified atom stereocenters. The molecule has 0 bridgehead atoms. The molecule has 0 saturated heterocycles. The van der Waals surface area contributed by atoms with Crippen LogP contribution in [0, 0.1) is 27.7 Å². The number of hydrazone groups is 2. The first-order valence-electron chi connectivity index (χ1n) is 26.5. The van der Waals surface area contributed by atoms with E-state index in [-0.39, 0.29) is 28.8 Å². The summed E-state index contributed by atoms with van der Waals surface area (Å²) < 4.78 is 1.30. The predicted molar refractivity (Wildman–Crippen MR) is 338 cm³/mol. The van der Waals surface area contributed by atoms with E-state index in [1.807, 2.05) is 73.7 Å². The van der Waals surface area contributed by atoms with Crippen LogP contribution in [0.3, 0.4) is 0 Å². The lowest BCUT2D eigenvalue weighted by molar-refractivity contribution is -0.124. The van der Waals surface area contributed by atoms with E-state index in [1.165, 1.54) is 74.0 Å². The van der Waals surface area contributed by atoms with E-state index < -0.39 is 11.5 Å². The zero-order valence-corrected chi connectivity index (χ0v) is 49.6. The van der Waals surface area contributed by atoms with Gasteiger partial charge in [0, 0.05) is 19.0 Å². The van der Waals surface area contributed by atoms with Crippen molar-refractivity contribution in [2.75, 3.05) is 23.8 Å². The molecule has 11 nitrogen and oxygen atoms in total. The molecule has 2 aliphatic rings. The number of nitrogens with one attached hydrogen (secondary N) is 2. The summed E-state index contributed by atoms with van der Waals surface area (Å²) in [5.74, 6) is -0.677. The molecule has 1 aromatic heterocycles. The number of carbonyl (C=O) groups excluding carboxylic acids is 3. The highest BCUT2D eigenvalue weighted by Gasteiger charge is 2.29. The molecule has 6 aromatic carbocycles. The number of anilines is 2. The van der Waals surface area contributed by atoms with Crippen LogP contribution in [0.25, 0.3) is 23.9 Å². The van der Waals surface area contributed by atoms with Gasteiger partial charge in [-0.1, -0.05) is 203 Å². The number of aromatic nitrogens is 2. The van der Waals surface area contributed by atoms with Gasteiger partial charge < -0.3 is 5.32 Å². The van der Waals surface area contributed by atoms with E-state index in [2.05, 4.69) is 174 Å². The number of aryl methyl sites for hydroxylation is 5. The predicted octanol–water partition coefficient (Wildman–Crippen LogP) is 15.4. The van der Waals surface area contributed by atoms with E-state index in [4.69, 9.17) is 0 Å². The van der Waals surface area contributed by atoms with Gasteiger partial charge in [0.05, 0.1) is 39.5 Å². The molecule has 3 heterocycles. The molecular formula is C68H78ClN7O4. The SMILES string of the molecule is C=C(C)C(=O)Nc1[nH]n(-c2ccccc2)c(=O)c1C=C1C(=O)N(C)N=C1C.C=Cc1ccc(C=C2C(=O)N(c3ccccc3)N=C2C)cc1.CCC(C)(C)c1ccc(C)cc1.CCc1ccc(C)cc1.CCl.Cc1ccc(C)cc1. The van der Waals surface area contributed by atoms with Crippen LogP contribution in [-0.4, -0.2) is 57.4 Å². The lowest BCUT2D eigenvalue weighted by Crippen LogP contribution is -2.21. The van der Waals surface area contributed by atoms with Crippen LogP contribution in [-0.2, 0) is 26.2 Å². The van der Waals surface area contributed by atoms with Crippen LogP contribution in [0.5, 0.6) is 0 Å². The molecule has 0 spiro atoms. The number of para-hydroxylation sites is 2. The van der Waals surface area contributed by atoms with Crippen molar-refractivity contribution in [3.8, 4) is 5.69 Å². The van der Waals surface area contributed by atoms with Crippen molar-refractivity contribution in [3.63, 3.8) is 0 Å². The Labute approximate surface area is 479 Å². The zero-order chi connectivity index (χ0) is 59.1. The van der Waals surface area contributed by atoms with Gasteiger partial charge in [-0.15, -0.1) is 11.6 Å². The second-order valence-electron chi connectivity index (χ2n) is 19.8. The molecule has 0 radical (unpaired) electrons. The van der Waals surface area contributed by atoms with Crippen molar-refractivity contribution < 1.29 is 14.4 Å². The number of H-pyrrole nitrogens is 1. The molecule has 9 rings (SSSR count). The summed E-state index contributed by atoms with van der Waals surface area (Å²) in [5, 5.41) is 16.6. The Kier molecular flexibility index (Phi) is 24.8. The molecule has 2 N–H and O–H groups in total. The molecular weight excluding hydrogens is 1010 g/mol. The average molecular weight is 1090 g/mol. The second kappa shape index (κ2) is 31.1. The quantitative estimate of drug-likeness (QED) is 0.104. The van der Waals surface area contributed by atoms with Gasteiger partial charge in [-0.3, -0.25) is 24.3 Å². The Bertz CT molecular complexity index is 3350. The highest BCUT2D eigenvalue weighted by molar-refractivity contribution is 6.32. The molecule has 80 heavy (non-hydrogen) atoms. The third-order valence-corrected chi connectivity index (χ3v) is 13.1. The van der Waals surface area contributed by atoms with Gasteiger partial charge in [0.25, 0.3) is 23.3 Å². The Balaban J connectivity index is 0.000000230. The Morgan fingerprint density at radius 1 is 0.625 bits per heavy atom. The number of amides is 3. The average Bonchev–Trinajstić information content (AvgIpc) is 4.15. The van der Waals surface area contributed by atoms with Crippen molar-refractivity contribution >= 4 is 70.5 Å². The smallest absolute Gasteiger partial charge is 0.280 e. The van der Waals surface area contributed by atoms with Gasteiger partial charge in [0.2, 0.25) is 0 Å². The summed E-state index contributed by atoms with van der Waals surface area (Å²) >= 11 is 4.64. The van der Waals surface area contributed by atoms with Crippen molar-refractivity contribution in [1.82, 2.24) is 14.8 Å². The van der Waals surface area contributed by atoms with Gasteiger partial charge in [-0.25, -0.2) is 9.69 Å². The van der Waals surface area contributed by atoms with Crippen molar-refractivity contribution in [2.24, 2.45) is 10.2 Å². The van der Waals surface area contributed by atoms with E-state index >= 15 is 0 Å². The first kappa shape index (κ1) is 63.9. The van der Waals surface area contributed by atoms with Gasteiger partial charge in [0.1, 0.15) is 5.82 Å². The minimum absolute atomic E-state index is 0.100. The van der Waals surface area contributed by atoms with Crippen molar-refractivity contribution in [3.05, 3.63) is 248 Å². The van der Waals surface area contributed by atoms with Crippen LogP contribution in [0.15, 0.2) is 203 Å². The molecule has 0 aliphatic carbocycles. The largest absolute Gasteiger partial charge is 0.307 e. The lowest BCUT2D eigenvalue weighted by Gasteiger charge is -2.23. The van der Waals surface area contributed by atoms with Crippen molar-refractivity contribution in [2.45, 2.75) is 94.4 Å². The van der Waals surface area contributed by atoms with Crippen LogP contribution < -0.4 is 15.9 Å². The van der Waals surface area contributed by atoms with E-state index in [0.29, 0.717) is 28.0 Å². The summed E-state index contributed by atoms with van der Waals surface area (Å²) in [4.78, 5) is 49.9. The molecule has 7 aromatic rings. The Morgan fingerprint density at radius 2 is 1.07 bits per heavy atom. The van der Waals surface area contributed by atoms with Crippen LogP contribution in [0.2, 0.25) is 0 Å². The number of hydrogen-bond acceptors (Lipinski definition) is 6. The number of likely N-dealkylation sites (N-methyl/N-ethyl adjacent to an activating group) is 1. The summed E-state index contributed by atoms with van der Waals surface area (Å²) in [6.07, 6.45) is 8.91. The number of alkyl halides is 1.